The van der Waals surface area contributed by atoms with E-state index in [2.05, 4.69) is 11.1 Å². The van der Waals surface area contributed by atoms with Crippen molar-refractivity contribution in [1.82, 2.24) is 14.8 Å². The summed E-state index contributed by atoms with van der Waals surface area (Å²) in [6, 6.07) is 21.7. The molecular formula is C31H27FN4O4S2. The molecule has 1 aliphatic rings. The zero-order valence-corrected chi connectivity index (χ0v) is 24.3. The second-order valence-corrected chi connectivity index (χ2v) is 12.5. The summed E-state index contributed by atoms with van der Waals surface area (Å²) in [4.78, 5) is 16.6. The van der Waals surface area contributed by atoms with E-state index in [0.29, 0.717) is 16.4 Å². The number of carbonyl (C=O) groups excluding carboxylic acids is 1. The average molecular weight is 603 g/mol. The molecule has 42 heavy (non-hydrogen) atoms. The molecule has 0 bridgehead atoms. The Kier molecular flexibility index (Phi) is 7.48. The lowest BCUT2D eigenvalue weighted by Crippen LogP contribution is -2.12. The minimum absolute atomic E-state index is 0.170. The van der Waals surface area contributed by atoms with Crippen molar-refractivity contribution >= 4 is 27.3 Å². The molecule has 11 heteroatoms. The third-order valence-corrected chi connectivity index (χ3v) is 8.84. The Labute approximate surface area is 246 Å². The first kappa shape index (κ1) is 28.0. The summed E-state index contributed by atoms with van der Waals surface area (Å²) in [6.07, 6.45) is 2.04. The van der Waals surface area contributed by atoms with E-state index in [4.69, 9.17) is 15.0 Å². The van der Waals surface area contributed by atoms with Crippen LogP contribution < -0.4 is 5.14 Å². The highest BCUT2D eigenvalue weighted by Gasteiger charge is 2.34. The highest BCUT2D eigenvalue weighted by Crippen LogP contribution is 2.46. The van der Waals surface area contributed by atoms with Gasteiger partial charge in [-0.25, -0.2) is 32.4 Å². The molecule has 2 heterocycles. The van der Waals surface area contributed by atoms with Crippen LogP contribution in [-0.2, 0) is 21.2 Å². The van der Waals surface area contributed by atoms with E-state index < -0.39 is 21.8 Å². The molecule has 0 aliphatic heterocycles. The molecule has 6 rings (SSSR count). The van der Waals surface area contributed by atoms with Gasteiger partial charge in [-0.05, 0) is 54.7 Å². The normalized spacial score (nSPS) is 13.3. The van der Waals surface area contributed by atoms with Gasteiger partial charge in [-0.15, -0.1) is 11.3 Å². The quantitative estimate of drug-likeness (QED) is 0.204. The van der Waals surface area contributed by atoms with Gasteiger partial charge in [0, 0.05) is 28.8 Å². The Morgan fingerprint density at radius 3 is 2.48 bits per heavy atom. The molecule has 1 fully saturated rings. The number of esters is 1. The van der Waals surface area contributed by atoms with Gasteiger partial charge in [-0.1, -0.05) is 54.6 Å². The number of halogens is 1. The van der Waals surface area contributed by atoms with Crippen LogP contribution in [-0.4, -0.2) is 35.8 Å². The van der Waals surface area contributed by atoms with E-state index in [-0.39, 0.29) is 29.5 Å². The maximum atomic E-state index is 15.3. The molecular weight excluding hydrogens is 575 g/mol. The lowest BCUT2D eigenvalue weighted by molar-refractivity contribution is 0.0520. The number of nitrogens with zero attached hydrogens (tertiary/aromatic N) is 3. The molecule has 5 aromatic rings. The molecule has 0 atom stereocenters. The predicted molar refractivity (Wildman–Crippen MR) is 159 cm³/mol. The molecule has 2 N–H and O–H groups in total. The van der Waals surface area contributed by atoms with Gasteiger partial charge < -0.3 is 4.74 Å². The van der Waals surface area contributed by atoms with Gasteiger partial charge in [0.2, 0.25) is 15.2 Å². The van der Waals surface area contributed by atoms with E-state index in [0.717, 1.165) is 46.9 Å². The van der Waals surface area contributed by atoms with E-state index >= 15 is 4.39 Å². The number of rotatable bonds is 9. The Bertz CT molecular complexity index is 1900. The number of benzene rings is 3. The monoisotopic (exact) mass is 602 g/mol. The summed E-state index contributed by atoms with van der Waals surface area (Å²) in [5.41, 5.74) is 5.79. The minimum atomic E-state index is -4.05. The van der Waals surface area contributed by atoms with E-state index in [1.807, 2.05) is 48.5 Å². The van der Waals surface area contributed by atoms with Gasteiger partial charge in [0.25, 0.3) is 0 Å². The van der Waals surface area contributed by atoms with Crippen molar-refractivity contribution in [3.05, 3.63) is 107 Å². The molecule has 0 unspecified atom stereocenters. The SMILES string of the molecule is CCOC(=O)c1csc(-n2nc(-c3cccc(-c4ccccc4)c3)c(Cc3ccc(S(N)(=O)=O)cc3F)c2C2CC2)n1. The lowest BCUT2D eigenvalue weighted by Gasteiger charge is -2.10. The number of hydrogen-bond donors (Lipinski definition) is 1. The Hall–Kier alpha value is -4.19. The Balaban J connectivity index is 1.51. The number of carbonyl (C=O) groups is 1. The molecule has 8 nitrogen and oxygen atoms in total. The van der Waals surface area contributed by atoms with Crippen molar-refractivity contribution in [3.63, 3.8) is 0 Å². The third-order valence-electron chi connectivity index (χ3n) is 7.11. The van der Waals surface area contributed by atoms with Crippen LogP contribution in [0.25, 0.3) is 27.5 Å². The largest absolute Gasteiger partial charge is 0.461 e. The van der Waals surface area contributed by atoms with Crippen LogP contribution in [0.1, 0.15) is 53.0 Å². The second-order valence-electron chi connectivity index (χ2n) is 10.1. The van der Waals surface area contributed by atoms with Crippen LogP contribution in [0.5, 0.6) is 0 Å². The van der Waals surface area contributed by atoms with Crippen molar-refractivity contribution in [2.45, 2.75) is 37.0 Å². The first-order chi connectivity index (χ1) is 20.2. The summed E-state index contributed by atoms with van der Waals surface area (Å²) in [5.74, 6) is -0.993. The highest BCUT2D eigenvalue weighted by molar-refractivity contribution is 7.89. The fourth-order valence-corrected chi connectivity index (χ4v) is 6.25. The maximum absolute atomic E-state index is 15.3. The van der Waals surface area contributed by atoms with E-state index in [1.165, 1.54) is 23.5 Å². The van der Waals surface area contributed by atoms with Crippen LogP contribution in [0.15, 0.2) is 83.1 Å². The molecule has 1 aliphatic carbocycles. The Morgan fingerprint density at radius 2 is 1.79 bits per heavy atom. The summed E-state index contributed by atoms with van der Waals surface area (Å²) < 4.78 is 45.8. The van der Waals surface area contributed by atoms with Gasteiger partial charge >= 0.3 is 5.97 Å². The van der Waals surface area contributed by atoms with E-state index in [1.54, 1.807) is 17.0 Å². The van der Waals surface area contributed by atoms with Gasteiger partial charge in [0.15, 0.2) is 5.69 Å². The molecule has 2 aromatic heterocycles. The van der Waals surface area contributed by atoms with Crippen LogP contribution in [0.4, 0.5) is 4.39 Å². The number of ether oxygens (including phenoxy) is 1. The van der Waals surface area contributed by atoms with Crippen LogP contribution in [0.3, 0.4) is 0 Å². The standard InChI is InChI=1S/C31H27FN4O4S2/c1-2-40-30(37)27-18-41-31(34-27)36-29(20-11-12-20)25(16-22-13-14-24(17-26(22)32)42(33,38)39)28(35-36)23-10-6-9-21(15-23)19-7-4-3-5-8-19/h3-10,13-15,17-18,20H,2,11-12,16H2,1H3,(H2,33,38,39). The Morgan fingerprint density at radius 1 is 1.05 bits per heavy atom. The first-order valence-corrected chi connectivity index (χ1v) is 15.9. The predicted octanol–water partition coefficient (Wildman–Crippen LogP) is 6.09. The van der Waals surface area contributed by atoms with Crippen molar-refractivity contribution in [3.8, 4) is 27.5 Å². The number of primary sulfonamides is 1. The van der Waals surface area contributed by atoms with Gasteiger partial charge in [0.05, 0.1) is 22.9 Å². The second kappa shape index (κ2) is 11.2. The minimum Gasteiger partial charge on any atom is -0.461 e. The summed E-state index contributed by atoms with van der Waals surface area (Å²) in [7, 11) is -4.05. The highest BCUT2D eigenvalue weighted by atomic mass is 32.2. The van der Waals surface area contributed by atoms with Crippen LogP contribution >= 0.6 is 11.3 Å². The zero-order valence-electron chi connectivity index (χ0n) is 22.7. The molecule has 0 radical (unpaired) electrons. The van der Waals surface area contributed by atoms with E-state index in [9.17, 15) is 13.2 Å². The molecule has 0 spiro atoms. The lowest BCUT2D eigenvalue weighted by atomic mass is 9.95. The van der Waals surface area contributed by atoms with Gasteiger partial charge in [0.1, 0.15) is 5.82 Å². The van der Waals surface area contributed by atoms with Crippen molar-refractivity contribution < 1.29 is 22.3 Å². The molecule has 3 aromatic carbocycles. The number of nitrogens with two attached hydrogens (primary N) is 1. The van der Waals surface area contributed by atoms with Crippen molar-refractivity contribution in [1.29, 1.82) is 0 Å². The van der Waals surface area contributed by atoms with Crippen molar-refractivity contribution in [2.75, 3.05) is 6.61 Å². The summed E-state index contributed by atoms with van der Waals surface area (Å²) in [6.45, 7) is 1.98. The smallest absolute Gasteiger partial charge is 0.357 e. The van der Waals surface area contributed by atoms with Gasteiger partial charge in [-0.3, -0.25) is 0 Å². The number of aromatic nitrogens is 3. The van der Waals surface area contributed by atoms with Crippen LogP contribution in [0, 0.1) is 5.82 Å². The maximum Gasteiger partial charge on any atom is 0.357 e. The summed E-state index contributed by atoms with van der Waals surface area (Å²) >= 11 is 1.28. The number of thiazole rings is 1. The molecule has 214 valence electrons. The average Bonchev–Trinajstić information content (AvgIpc) is 3.57. The number of hydrogen-bond acceptors (Lipinski definition) is 7. The molecule has 0 saturated heterocycles. The molecule has 0 amide bonds. The zero-order chi connectivity index (χ0) is 29.4. The fourth-order valence-electron chi connectivity index (χ4n) is 4.97. The summed E-state index contributed by atoms with van der Waals surface area (Å²) in [5, 5.41) is 12.4. The fraction of sp³-hybridized carbons (Fsp3) is 0.194. The first-order valence-electron chi connectivity index (χ1n) is 13.4. The van der Waals surface area contributed by atoms with Gasteiger partial charge in [-0.2, -0.15) is 5.10 Å². The van der Waals surface area contributed by atoms with Crippen molar-refractivity contribution in [2.24, 2.45) is 5.14 Å². The molecule has 1 saturated carbocycles. The third kappa shape index (κ3) is 5.63. The van der Waals surface area contributed by atoms with Crippen LogP contribution in [0.2, 0.25) is 0 Å². The topological polar surface area (TPSA) is 117 Å². The number of sulfonamides is 1.